The lowest BCUT2D eigenvalue weighted by Gasteiger charge is -2.13. The summed E-state index contributed by atoms with van der Waals surface area (Å²) in [6, 6.07) is 6.02. The van der Waals surface area contributed by atoms with Crippen molar-refractivity contribution >= 4 is 32.5 Å². The zero-order valence-electron chi connectivity index (χ0n) is 9.34. The number of nitrogens with zero attached hydrogens (tertiary/aromatic N) is 1. The maximum absolute atomic E-state index is 5.60. The van der Waals surface area contributed by atoms with Crippen LogP contribution in [0.2, 0.25) is 0 Å². The molecular formula is C12H14BrN3. The number of anilines is 1. The quantitative estimate of drug-likeness (QED) is 0.656. The maximum atomic E-state index is 5.60. The molecular weight excluding hydrogens is 266 g/mol. The maximum Gasteiger partial charge on any atom is 0.0727 e. The molecule has 1 aromatic carbocycles. The molecule has 84 valence electrons. The molecule has 0 aliphatic rings. The molecule has 1 aromatic heterocycles. The zero-order chi connectivity index (χ0) is 11.7. The van der Waals surface area contributed by atoms with Crippen LogP contribution in [0.3, 0.4) is 0 Å². The molecule has 0 saturated carbocycles. The number of aromatic nitrogens is 1. The molecule has 3 N–H and O–H groups in total. The predicted octanol–water partition coefficient (Wildman–Crippen LogP) is 3.15. The normalized spacial score (nSPS) is 10.8. The number of nitrogens with two attached hydrogens (primary N) is 1. The minimum absolute atomic E-state index is 0.909. The number of fused-ring (bicyclic) bond motifs is 1. The second-order valence-corrected chi connectivity index (χ2v) is 4.63. The van der Waals surface area contributed by atoms with Crippen LogP contribution in [0.4, 0.5) is 5.69 Å². The van der Waals surface area contributed by atoms with E-state index in [2.05, 4.69) is 33.3 Å². The number of hydrazine groups is 1. The smallest absolute Gasteiger partial charge is 0.0727 e. The molecule has 16 heavy (non-hydrogen) atoms. The number of nitrogen functional groups attached to an aromatic ring is 1. The van der Waals surface area contributed by atoms with Crippen molar-refractivity contribution in [1.82, 2.24) is 4.98 Å². The minimum atomic E-state index is 0.909. The summed E-state index contributed by atoms with van der Waals surface area (Å²) in [6.07, 6.45) is 0.909. The molecule has 0 spiro atoms. The highest BCUT2D eigenvalue weighted by molar-refractivity contribution is 9.10. The molecule has 0 fully saturated rings. The summed E-state index contributed by atoms with van der Waals surface area (Å²) in [6.45, 7) is 4.14. The minimum Gasteiger partial charge on any atom is -0.323 e. The highest BCUT2D eigenvalue weighted by atomic mass is 79.9. The molecule has 0 amide bonds. The lowest BCUT2D eigenvalue weighted by atomic mass is 10.1. The molecule has 0 atom stereocenters. The first-order valence-electron chi connectivity index (χ1n) is 5.22. The monoisotopic (exact) mass is 279 g/mol. The fourth-order valence-corrected chi connectivity index (χ4v) is 2.27. The van der Waals surface area contributed by atoms with Gasteiger partial charge in [-0.25, -0.2) is 0 Å². The lowest BCUT2D eigenvalue weighted by molar-refractivity contribution is 1.03. The number of halogens is 1. The van der Waals surface area contributed by atoms with Crippen molar-refractivity contribution in [3.63, 3.8) is 0 Å². The first kappa shape index (κ1) is 11.4. The molecule has 0 aliphatic heterocycles. The zero-order valence-corrected chi connectivity index (χ0v) is 10.9. The Morgan fingerprint density at radius 1 is 1.44 bits per heavy atom. The fourth-order valence-electron chi connectivity index (χ4n) is 1.91. The summed E-state index contributed by atoms with van der Waals surface area (Å²) >= 11 is 3.46. The summed E-state index contributed by atoms with van der Waals surface area (Å²) in [5, 5.41) is 1.05. The van der Waals surface area contributed by atoms with Crippen LogP contribution in [-0.4, -0.2) is 4.98 Å². The van der Waals surface area contributed by atoms with Crippen LogP contribution in [0.5, 0.6) is 0 Å². The fraction of sp³-hybridized carbons (Fsp3) is 0.250. The third-order valence-corrected chi connectivity index (χ3v) is 3.26. The van der Waals surface area contributed by atoms with Gasteiger partial charge in [0.15, 0.2) is 0 Å². The Bertz CT molecular complexity index is 537. The van der Waals surface area contributed by atoms with Crippen molar-refractivity contribution in [1.29, 1.82) is 0 Å². The van der Waals surface area contributed by atoms with Crippen molar-refractivity contribution in [3.8, 4) is 0 Å². The molecule has 0 saturated heterocycles. The van der Waals surface area contributed by atoms with E-state index >= 15 is 0 Å². The predicted molar refractivity (Wildman–Crippen MR) is 71.4 cm³/mol. The average Bonchev–Trinajstić information content (AvgIpc) is 2.28. The third kappa shape index (κ3) is 1.79. The van der Waals surface area contributed by atoms with E-state index < -0.39 is 0 Å². The molecule has 0 bridgehead atoms. The number of hydrogen-bond acceptors (Lipinski definition) is 3. The van der Waals surface area contributed by atoms with E-state index in [1.807, 2.05) is 25.1 Å². The third-order valence-electron chi connectivity index (χ3n) is 2.77. The van der Waals surface area contributed by atoms with Gasteiger partial charge in [0.05, 0.1) is 11.2 Å². The number of rotatable bonds is 2. The Balaban J connectivity index is 2.84. The first-order chi connectivity index (χ1) is 7.67. The number of hydrogen-bond donors (Lipinski definition) is 2. The van der Waals surface area contributed by atoms with E-state index in [9.17, 15) is 0 Å². The van der Waals surface area contributed by atoms with Crippen molar-refractivity contribution in [2.24, 2.45) is 5.84 Å². The molecule has 0 radical (unpaired) electrons. The molecule has 1 heterocycles. The standard InChI is InChI=1S/C12H14BrN3/c1-3-10-7(2)12(16-14)9-6-8(13)4-5-11(9)15-10/h4-6H,3,14H2,1-2H3,(H,15,16). The molecule has 4 heteroatoms. The van der Waals surface area contributed by atoms with Crippen LogP contribution in [0.15, 0.2) is 22.7 Å². The largest absolute Gasteiger partial charge is 0.323 e. The van der Waals surface area contributed by atoms with Gasteiger partial charge < -0.3 is 5.43 Å². The number of benzene rings is 1. The van der Waals surface area contributed by atoms with Crippen molar-refractivity contribution in [3.05, 3.63) is 33.9 Å². The van der Waals surface area contributed by atoms with Gasteiger partial charge >= 0.3 is 0 Å². The van der Waals surface area contributed by atoms with E-state index in [0.717, 1.165) is 38.7 Å². The van der Waals surface area contributed by atoms with Crippen LogP contribution < -0.4 is 11.3 Å². The SMILES string of the molecule is CCc1nc2ccc(Br)cc2c(NN)c1C. The number of nitrogens with one attached hydrogen (secondary N) is 1. The van der Waals surface area contributed by atoms with E-state index in [4.69, 9.17) is 5.84 Å². The van der Waals surface area contributed by atoms with Crippen molar-refractivity contribution < 1.29 is 0 Å². The summed E-state index contributed by atoms with van der Waals surface area (Å²) in [4.78, 5) is 4.63. The highest BCUT2D eigenvalue weighted by Crippen LogP contribution is 2.29. The van der Waals surface area contributed by atoms with Gasteiger partial charge in [-0.2, -0.15) is 0 Å². The van der Waals surface area contributed by atoms with Gasteiger partial charge in [-0.05, 0) is 37.1 Å². The van der Waals surface area contributed by atoms with E-state index in [0.29, 0.717) is 0 Å². The van der Waals surface area contributed by atoms with Crippen molar-refractivity contribution in [2.75, 3.05) is 5.43 Å². The van der Waals surface area contributed by atoms with Gasteiger partial charge in [0.1, 0.15) is 0 Å². The Hall–Kier alpha value is -1.13. The van der Waals surface area contributed by atoms with Crippen molar-refractivity contribution in [2.45, 2.75) is 20.3 Å². The summed E-state index contributed by atoms with van der Waals surface area (Å²) in [5.74, 6) is 5.60. The van der Waals surface area contributed by atoms with Gasteiger partial charge in [-0.1, -0.05) is 22.9 Å². The molecule has 0 unspecified atom stereocenters. The van der Waals surface area contributed by atoms with Crippen LogP contribution in [0.1, 0.15) is 18.2 Å². The topological polar surface area (TPSA) is 50.9 Å². The van der Waals surface area contributed by atoms with E-state index in [-0.39, 0.29) is 0 Å². The Morgan fingerprint density at radius 2 is 2.19 bits per heavy atom. The number of pyridine rings is 1. The average molecular weight is 280 g/mol. The Labute approximate surface area is 103 Å². The summed E-state index contributed by atoms with van der Waals surface area (Å²) < 4.78 is 1.03. The Morgan fingerprint density at radius 3 is 2.81 bits per heavy atom. The second kappa shape index (κ2) is 4.39. The van der Waals surface area contributed by atoms with Gasteiger partial charge in [0.2, 0.25) is 0 Å². The van der Waals surface area contributed by atoms with Gasteiger partial charge in [-0.3, -0.25) is 10.8 Å². The van der Waals surface area contributed by atoms with Crippen LogP contribution in [-0.2, 0) is 6.42 Å². The first-order valence-corrected chi connectivity index (χ1v) is 6.02. The second-order valence-electron chi connectivity index (χ2n) is 3.72. The molecule has 3 nitrogen and oxygen atoms in total. The van der Waals surface area contributed by atoms with E-state index in [1.165, 1.54) is 0 Å². The summed E-state index contributed by atoms with van der Waals surface area (Å²) in [7, 11) is 0. The summed E-state index contributed by atoms with van der Waals surface area (Å²) in [5.41, 5.74) is 6.92. The highest BCUT2D eigenvalue weighted by Gasteiger charge is 2.09. The lowest BCUT2D eigenvalue weighted by Crippen LogP contribution is -2.11. The van der Waals surface area contributed by atoms with Crippen LogP contribution >= 0.6 is 15.9 Å². The molecule has 2 aromatic rings. The van der Waals surface area contributed by atoms with Crippen LogP contribution in [0.25, 0.3) is 10.9 Å². The van der Waals surface area contributed by atoms with Crippen LogP contribution in [0, 0.1) is 6.92 Å². The van der Waals surface area contributed by atoms with Gasteiger partial charge in [-0.15, -0.1) is 0 Å². The number of aryl methyl sites for hydroxylation is 1. The van der Waals surface area contributed by atoms with Gasteiger partial charge in [0, 0.05) is 15.6 Å². The van der Waals surface area contributed by atoms with Gasteiger partial charge in [0.25, 0.3) is 0 Å². The molecule has 0 aliphatic carbocycles. The van der Waals surface area contributed by atoms with E-state index in [1.54, 1.807) is 0 Å². The Kier molecular flexibility index (Phi) is 3.12. The molecule has 2 rings (SSSR count).